The van der Waals surface area contributed by atoms with Crippen molar-refractivity contribution in [1.29, 1.82) is 0 Å². The van der Waals surface area contributed by atoms with Crippen molar-refractivity contribution in [2.24, 2.45) is 4.99 Å². The van der Waals surface area contributed by atoms with Gasteiger partial charge in [-0.1, -0.05) is 6.07 Å². The lowest BCUT2D eigenvalue weighted by Gasteiger charge is -2.11. The Hall–Kier alpha value is -1.51. The molecule has 0 aromatic heterocycles. The second-order valence-corrected chi connectivity index (χ2v) is 4.33. The van der Waals surface area contributed by atoms with E-state index in [4.69, 9.17) is 4.74 Å². The highest BCUT2D eigenvalue weighted by Crippen LogP contribution is 2.28. The zero-order chi connectivity index (χ0) is 11.5. The Morgan fingerprint density at radius 1 is 1.33 bits per heavy atom. The fourth-order valence-corrected chi connectivity index (χ4v) is 1.07. The molecule has 0 atom stereocenters. The lowest BCUT2D eigenvalue weighted by Crippen LogP contribution is -2.09. The van der Waals surface area contributed by atoms with Crippen molar-refractivity contribution in [1.82, 2.24) is 0 Å². The van der Waals surface area contributed by atoms with Crippen LogP contribution in [0.5, 0.6) is 11.5 Å². The number of rotatable bonds is 2. The molecular formula is C12H17NO2. The van der Waals surface area contributed by atoms with E-state index in [-0.39, 0.29) is 11.3 Å². The van der Waals surface area contributed by atoms with Crippen LogP contribution in [0.3, 0.4) is 0 Å². The van der Waals surface area contributed by atoms with Crippen LogP contribution in [-0.4, -0.2) is 24.0 Å². The van der Waals surface area contributed by atoms with E-state index < -0.39 is 0 Å². The van der Waals surface area contributed by atoms with Crippen LogP contribution in [-0.2, 0) is 0 Å². The van der Waals surface area contributed by atoms with Crippen molar-refractivity contribution >= 4 is 6.21 Å². The predicted octanol–water partition coefficient (Wildman–Crippen LogP) is 2.62. The Balaban J connectivity index is 3.01. The third-order valence-corrected chi connectivity index (χ3v) is 1.84. The summed E-state index contributed by atoms with van der Waals surface area (Å²) in [5, 5.41) is 9.77. The van der Waals surface area contributed by atoms with E-state index in [1.807, 2.05) is 26.8 Å². The van der Waals surface area contributed by atoms with Gasteiger partial charge >= 0.3 is 0 Å². The van der Waals surface area contributed by atoms with Crippen LogP contribution in [0.1, 0.15) is 26.3 Å². The van der Waals surface area contributed by atoms with Crippen LogP contribution >= 0.6 is 0 Å². The number of aromatic hydroxyl groups is 1. The topological polar surface area (TPSA) is 41.8 Å². The molecule has 0 aliphatic heterocycles. The summed E-state index contributed by atoms with van der Waals surface area (Å²) in [4.78, 5) is 4.32. The van der Waals surface area contributed by atoms with Gasteiger partial charge in [0.05, 0.1) is 12.6 Å². The maximum Gasteiger partial charge on any atom is 0.166 e. The van der Waals surface area contributed by atoms with Gasteiger partial charge in [-0.3, -0.25) is 4.99 Å². The van der Waals surface area contributed by atoms with E-state index in [1.165, 1.54) is 7.11 Å². The number of hydrogen-bond donors (Lipinski definition) is 1. The first-order valence-electron chi connectivity index (χ1n) is 4.85. The Morgan fingerprint density at radius 3 is 2.53 bits per heavy atom. The maximum atomic E-state index is 9.77. The first-order chi connectivity index (χ1) is 6.94. The van der Waals surface area contributed by atoms with Crippen molar-refractivity contribution in [3.63, 3.8) is 0 Å². The fraction of sp³-hybridized carbons (Fsp3) is 0.417. The molecule has 1 N–H and O–H groups in total. The largest absolute Gasteiger partial charge is 0.504 e. The molecule has 0 fully saturated rings. The molecule has 0 aliphatic carbocycles. The summed E-state index contributed by atoms with van der Waals surface area (Å²) in [6.45, 7) is 6.00. The first-order valence-corrected chi connectivity index (χ1v) is 4.85. The van der Waals surface area contributed by atoms with Crippen molar-refractivity contribution in [3.05, 3.63) is 23.8 Å². The second-order valence-electron chi connectivity index (χ2n) is 4.33. The standard InChI is InChI=1S/C12H17NO2/c1-12(2,3)13-8-9-6-5-7-10(15-4)11(9)14/h5-8,14H,1-4H3. The number of phenols is 1. The van der Waals surface area contributed by atoms with E-state index in [9.17, 15) is 5.11 Å². The molecule has 1 rings (SSSR count). The maximum absolute atomic E-state index is 9.77. The summed E-state index contributed by atoms with van der Waals surface area (Å²) in [6, 6.07) is 5.33. The van der Waals surface area contributed by atoms with Crippen molar-refractivity contribution < 1.29 is 9.84 Å². The van der Waals surface area contributed by atoms with Gasteiger partial charge in [0.15, 0.2) is 11.5 Å². The lowest BCUT2D eigenvalue weighted by atomic mass is 10.1. The average Bonchev–Trinajstić information content (AvgIpc) is 2.15. The highest BCUT2D eigenvalue weighted by atomic mass is 16.5. The zero-order valence-corrected chi connectivity index (χ0v) is 9.61. The normalized spacial score (nSPS) is 12.0. The number of nitrogens with zero attached hydrogens (tertiary/aromatic N) is 1. The number of para-hydroxylation sites is 1. The lowest BCUT2D eigenvalue weighted by molar-refractivity contribution is 0.373. The minimum atomic E-state index is -0.143. The Bertz CT molecular complexity index is 364. The van der Waals surface area contributed by atoms with Gasteiger partial charge in [0, 0.05) is 11.8 Å². The zero-order valence-electron chi connectivity index (χ0n) is 9.61. The van der Waals surface area contributed by atoms with Crippen LogP contribution in [0.4, 0.5) is 0 Å². The van der Waals surface area contributed by atoms with E-state index in [2.05, 4.69) is 4.99 Å². The monoisotopic (exact) mass is 207 g/mol. The van der Waals surface area contributed by atoms with Gasteiger partial charge in [-0.15, -0.1) is 0 Å². The fourth-order valence-electron chi connectivity index (χ4n) is 1.07. The van der Waals surface area contributed by atoms with Crippen molar-refractivity contribution in [2.75, 3.05) is 7.11 Å². The van der Waals surface area contributed by atoms with Gasteiger partial charge in [-0.25, -0.2) is 0 Å². The van der Waals surface area contributed by atoms with E-state index >= 15 is 0 Å². The molecule has 1 aromatic carbocycles. The van der Waals surface area contributed by atoms with E-state index in [0.717, 1.165) is 0 Å². The highest BCUT2D eigenvalue weighted by molar-refractivity contribution is 5.85. The molecule has 0 radical (unpaired) electrons. The molecule has 0 amide bonds. The smallest absolute Gasteiger partial charge is 0.166 e. The number of methoxy groups -OCH3 is 1. The molecule has 0 saturated carbocycles. The third-order valence-electron chi connectivity index (χ3n) is 1.84. The predicted molar refractivity (Wildman–Crippen MR) is 62.0 cm³/mol. The number of phenolic OH excluding ortho intramolecular Hbond substituents is 1. The van der Waals surface area contributed by atoms with Gasteiger partial charge < -0.3 is 9.84 Å². The number of aliphatic imine (C=N–C) groups is 1. The van der Waals surface area contributed by atoms with Crippen LogP contribution in [0.25, 0.3) is 0 Å². The van der Waals surface area contributed by atoms with Gasteiger partial charge in [0.2, 0.25) is 0 Å². The summed E-state index contributed by atoms with van der Waals surface area (Å²) in [5.41, 5.74) is 0.527. The Morgan fingerprint density at radius 2 is 2.00 bits per heavy atom. The van der Waals surface area contributed by atoms with Gasteiger partial charge in [-0.05, 0) is 32.9 Å². The highest BCUT2D eigenvalue weighted by Gasteiger charge is 2.08. The molecule has 0 unspecified atom stereocenters. The van der Waals surface area contributed by atoms with E-state index in [0.29, 0.717) is 11.3 Å². The minimum absolute atomic E-state index is 0.132. The van der Waals surface area contributed by atoms with Crippen LogP contribution in [0.15, 0.2) is 23.2 Å². The average molecular weight is 207 g/mol. The molecule has 0 heterocycles. The van der Waals surface area contributed by atoms with E-state index in [1.54, 1.807) is 18.3 Å². The summed E-state index contributed by atoms with van der Waals surface area (Å²) in [7, 11) is 1.53. The summed E-state index contributed by atoms with van der Waals surface area (Å²) in [6.07, 6.45) is 1.66. The molecule has 0 bridgehead atoms. The molecular weight excluding hydrogens is 190 g/mol. The number of hydrogen-bond acceptors (Lipinski definition) is 3. The molecule has 3 heteroatoms. The quantitative estimate of drug-likeness (QED) is 0.757. The summed E-state index contributed by atoms with van der Waals surface area (Å²) < 4.78 is 5.01. The first kappa shape index (κ1) is 11.6. The summed E-state index contributed by atoms with van der Waals surface area (Å²) in [5.74, 6) is 0.598. The second kappa shape index (κ2) is 4.34. The van der Waals surface area contributed by atoms with Crippen molar-refractivity contribution in [2.45, 2.75) is 26.3 Å². The third kappa shape index (κ3) is 3.27. The molecule has 82 valence electrons. The molecule has 0 saturated heterocycles. The van der Waals surface area contributed by atoms with Gasteiger partial charge in [0.1, 0.15) is 0 Å². The molecule has 3 nitrogen and oxygen atoms in total. The Kier molecular flexibility index (Phi) is 3.35. The van der Waals surface area contributed by atoms with Gasteiger partial charge in [0.25, 0.3) is 0 Å². The number of ether oxygens (including phenoxy) is 1. The number of benzene rings is 1. The molecule has 0 aliphatic rings. The summed E-state index contributed by atoms with van der Waals surface area (Å²) >= 11 is 0. The molecule has 15 heavy (non-hydrogen) atoms. The van der Waals surface area contributed by atoms with Crippen LogP contribution < -0.4 is 4.74 Å². The van der Waals surface area contributed by atoms with Crippen molar-refractivity contribution in [3.8, 4) is 11.5 Å². The molecule has 0 spiro atoms. The minimum Gasteiger partial charge on any atom is -0.504 e. The molecule has 1 aromatic rings. The Labute approximate surface area is 90.4 Å². The van der Waals surface area contributed by atoms with Crippen LogP contribution in [0.2, 0.25) is 0 Å². The SMILES string of the molecule is COc1cccc(C=NC(C)(C)C)c1O. The van der Waals surface area contributed by atoms with Crippen LogP contribution in [0, 0.1) is 0 Å². The van der Waals surface area contributed by atoms with Gasteiger partial charge in [-0.2, -0.15) is 0 Å².